The Kier molecular flexibility index (Phi) is 7.02. The number of carbonyl (C=O) groups is 2. The van der Waals surface area contributed by atoms with Crippen LogP contribution in [0, 0.1) is 0 Å². The first-order chi connectivity index (χ1) is 17.1. The number of sulfonamides is 1. The van der Waals surface area contributed by atoms with E-state index >= 15 is 0 Å². The number of esters is 2. The molecule has 1 heterocycles. The molecule has 0 aliphatic carbocycles. The lowest BCUT2D eigenvalue weighted by atomic mass is 10.1. The maximum absolute atomic E-state index is 13.3. The minimum Gasteiger partial charge on any atom is -0.465 e. The van der Waals surface area contributed by atoms with Gasteiger partial charge in [-0.05, 0) is 58.8 Å². The zero-order valence-corrected chi connectivity index (χ0v) is 20.9. The molecule has 0 aliphatic heterocycles. The van der Waals surface area contributed by atoms with Gasteiger partial charge >= 0.3 is 11.9 Å². The molecule has 0 saturated heterocycles. The largest absolute Gasteiger partial charge is 0.465 e. The van der Waals surface area contributed by atoms with Gasteiger partial charge in [-0.25, -0.2) is 22.6 Å². The van der Waals surface area contributed by atoms with Gasteiger partial charge in [0.15, 0.2) is 11.0 Å². The zero-order valence-electron chi connectivity index (χ0n) is 18.5. The second-order valence-electron chi connectivity index (χ2n) is 7.17. The number of benzene rings is 3. The molecule has 1 aromatic heterocycles. The van der Waals surface area contributed by atoms with E-state index in [4.69, 9.17) is 37.3 Å². The topological polar surface area (TPSA) is 150 Å². The summed E-state index contributed by atoms with van der Waals surface area (Å²) in [6.07, 6.45) is 0. The molecule has 0 amide bonds. The molecule has 14 heteroatoms. The molecule has 0 bridgehead atoms. The highest BCUT2D eigenvalue weighted by atomic mass is 35.5. The Balaban J connectivity index is 1.75. The Morgan fingerprint density at radius 3 is 1.97 bits per heavy atom. The summed E-state index contributed by atoms with van der Waals surface area (Å²) < 4.78 is 43.2. The second kappa shape index (κ2) is 10.0. The average molecular weight is 551 g/mol. The predicted octanol–water partition coefficient (Wildman–Crippen LogP) is 4.65. The normalized spacial score (nSPS) is 11.2. The van der Waals surface area contributed by atoms with E-state index in [2.05, 4.69) is 20.4 Å². The number of nitrogens with zero attached hydrogens (tertiary/aromatic N) is 2. The van der Waals surface area contributed by atoms with Gasteiger partial charge in [0.25, 0.3) is 10.0 Å². The standard InChI is InChI=1S/C22H16Cl2N4O7S/c1-33-21(29)13-5-3-11(23)9-16(13)25-15-7-8-18(20-19(15)26-35-27-20)36(31,32)28-17-10-12(24)4-6-14(17)22(30)34-2/h3-10,25,28H,1-2H3. The van der Waals surface area contributed by atoms with Gasteiger partial charge < -0.3 is 14.8 Å². The van der Waals surface area contributed by atoms with Gasteiger partial charge in [0, 0.05) is 10.0 Å². The molecule has 4 aromatic rings. The molecule has 0 radical (unpaired) electrons. The summed E-state index contributed by atoms with van der Waals surface area (Å²) in [6, 6.07) is 11.2. The lowest BCUT2D eigenvalue weighted by Crippen LogP contribution is -2.16. The maximum atomic E-state index is 13.3. The van der Waals surface area contributed by atoms with Gasteiger partial charge in [-0.1, -0.05) is 23.2 Å². The first-order valence-corrected chi connectivity index (χ1v) is 12.2. The third kappa shape index (κ3) is 4.91. The average Bonchev–Trinajstić information content (AvgIpc) is 3.33. The predicted molar refractivity (Wildman–Crippen MR) is 131 cm³/mol. The quantitative estimate of drug-likeness (QED) is 0.311. The number of rotatable bonds is 7. The smallest absolute Gasteiger partial charge is 0.339 e. The molecule has 0 spiro atoms. The number of ether oxygens (including phenoxy) is 2. The fourth-order valence-corrected chi connectivity index (χ4v) is 4.85. The third-order valence-corrected chi connectivity index (χ3v) is 6.82. The van der Waals surface area contributed by atoms with Crippen LogP contribution in [0.4, 0.5) is 17.1 Å². The van der Waals surface area contributed by atoms with Gasteiger partial charge in [0.2, 0.25) is 0 Å². The van der Waals surface area contributed by atoms with Gasteiger partial charge in [0.1, 0.15) is 4.90 Å². The summed E-state index contributed by atoms with van der Waals surface area (Å²) >= 11 is 12.1. The number of aromatic nitrogens is 2. The zero-order chi connectivity index (χ0) is 26.0. The van der Waals surface area contributed by atoms with Crippen LogP contribution in [0.25, 0.3) is 11.0 Å². The van der Waals surface area contributed by atoms with Crippen molar-refractivity contribution in [3.63, 3.8) is 0 Å². The van der Waals surface area contributed by atoms with Crippen LogP contribution in [0.2, 0.25) is 10.0 Å². The number of methoxy groups -OCH3 is 2. The fraction of sp³-hybridized carbons (Fsp3) is 0.0909. The maximum Gasteiger partial charge on any atom is 0.339 e. The van der Waals surface area contributed by atoms with Crippen molar-refractivity contribution >= 4 is 73.3 Å². The van der Waals surface area contributed by atoms with E-state index in [1.165, 1.54) is 55.6 Å². The Labute approximate surface area is 214 Å². The van der Waals surface area contributed by atoms with E-state index in [1.54, 1.807) is 0 Å². The number of anilines is 3. The van der Waals surface area contributed by atoms with E-state index in [0.717, 1.165) is 7.11 Å². The van der Waals surface area contributed by atoms with Crippen LogP contribution in [0.1, 0.15) is 20.7 Å². The Morgan fingerprint density at radius 2 is 1.36 bits per heavy atom. The van der Waals surface area contributed by atoms with Crippen LogP contribution in [-0.4, -0.2) is 44.9 Å². The molecule has 2 N–H and O–H groups in total. The Hall–Kier alpha value is -3.87. The van der Waals surface area contributed by atoms with Crippen molar-refractivity contribution in [1.29, 1.82) is 0 Å². The van der Waals surface area contributed by atoms with E-state index in [1.807, 2.05) is 0 Å². The van der Waals surface area contributed by atoms with Gasteiger partial charge in [-0.2, -0.15) is 0 Å². The van der Waals surface area contributed by atoms with Crippen molar-refractivity contribution in [2.75, 3.05) is 24.3 Å². The highest BCUT2D eigenvalue weighted by molar-refractivity contribution is 7.93. The highest BCUT2D eigenvalue weighted by Gasteiger charge is 2.25. The molecule has 0 aliphatic rings. The van der Waals surface area contributed by atoms with E-state index in [0.29, 0.717) is 5.02 Å². The van der Waals surface area contributed by atoms with Crippen LogP contribution in [0.15, 0.2) is 58.1 Å². The summed E-state index contributed by atoms with van der Waals surface area (Å²) in [5.74, 6) is -1.38. The molecule has 0 atom stereocenters. The molecule has 36 heavy (non-hydrogen) atoms. The van der Waals surface area contributed by atoms with E-state index < -0.39 is 22.0 Å². The van der Waals surface area contributed by atoms with Crippen molar-refractivity contribution in [3.05, 3.63) is 69.7 Å². The number of carbonyl (C=O) groups excluding carboxylic acids is 2. The number of hydrogen-bond donors (Lipinski definition) is 2. The van der Waals surface area contributed by atoms with Crippen molar-refractivity contribution in [2.45, 2.75) is 4.90 Å². The summed E-state index contributed by atoms with van der Waals surface area (Å²) in [4.78, 5) is 23.9. The van der Waals surface area contributed by atoms with Gasteiger partial charge in [0.05, 0.1) is 42.4 Å². The van der Waals surface area contributed by atoms with Crippen LogP contribution in [0.5, 0.6) is 0 Å². The highest BCUT2D eigenvalue weighted by Crippen LogP contribution is 2.33. The Morgan fingerprint density at radius 1 is 0.806 bits per heavy atom. The van der Waals surface area contributed by atoms with E-state index in [-0.39, 0.29) is 49.1 Å². The summed E-state index contributed by atoms with van der Waals surface area (Å²) in [5.41, 5.74) is 0.534. The van der Waals surface area contributed by atoms with Crippen molar-refractivity contribution in [1.82, 2.24) is 10.3 Å². The third-order valence-electron chi connectivity index (χ3n) is 4.96. The lowest BCUT2D eigenvalue weighted by molar-refractivity contribution is 0.0593. The summed E-state index contributed by atoms with van der Waals surface area (Å²) in [5, 5.41) is 11.0. The number of halogens is 2. The van der Waals surface area contributed by atoms with Gasteiger partial charge in [-0.15, -0.1) is 0 Å². The van der Waals surface area contributed by atoms with Crippen LogP contribution in [-0.2, 0) is 19.5 Å². The minimum absolute atomic E-state index is 0.0467. The first kappa shape index (κ1) is 25.2. The molecular weight excluding hydrogens is 535 g/mol. The van der Waals surface area contributed by atoms with Crippen LogP contribution >= 0.6 is 23.2 Å². The molecule has 0 saturated carbocycles. The van der Waals surface area contributed by atoms with Crippen molar-refractivity contribution in [2.24, 2.45) is 0 Å². The molecular formula is C22H16Cl2N4O7S. The molecule has 4 rings (SSSR count). The van der Waals surface area contributed by atoms with Crippen LogP contribution in [0.3, 0.4) is 0 Å². The lowest BCUT2D eigenvalue weighted by Gasteiger charge is -2.14. The molecule has 0 fully saturated rings. The SMILES string of the molecule is COC(=O)c1ccc(Cl)cc1Nc1ccc(S(=O)(=O)Nc2cc(Cl)ccc2C(=O)OC)c2nonc12. The molecule has 186 valence electrons. The fourth-order valence-electron chi connectivity index (χ4n) is 3.30. The van der Waals surface area contributed by atoms with Crippen LogP contribution < -0.4 is 10.0 Å². The van der Waals surface area contributed by atoms with Crippen molar-refractivity contribution in [3.8, 4) is 0 Å². The minimum atomic E-state index is -4.31. The molecule has 11 nitrogen and oxygen atoms in total. The van der Waals surface area contributed by atoms with Crippen molar-refractivity contribution < 1.29 is 32.1 Å². The van der Waals surface area contributed by atoms with Gasteiger partial charge in [-0.3, -0.25) is 4.72 Å². The summed E-state index contributed by atoms with van der Waals surface area (Å²) in [6.45, 7) is 0. The summed E-state index contributed by atoms with van der Waals surface area (Å²) in [7, 11) is -1.92. The number of nitrogens with one attached hydrogen (secondary N) is 2. The second-order valence-corrected chi connectivity index (χ2v) is 9.69. The molecule has 3 aromatic carbocycles. The molecule has 0 unspecified atom stereocenters. The first-order valence-electron chi connectivity index (χ1n) is 9.95. The number of hydrogen-bond acceptors (Lipinski definition) is 10. The van der Waals surface area contributed by atoms with E-state index in [9.17, 15) is 18.0 Å². The monoisotopic (exact) mass is 550 g/mol. The number of fused-ring (bicyclic) bond motifs is 1. The Bertz CT molecular complexity index is 1610.